The van der Waals surface area contributed by atoms with E-state index in [1.54, 1.807) is 18.2 Å². The molecule has 0 unspecified atom stereocenters. The normalized spacial score (nSPS) is 10.8. The lowest BCUT2D eigenvalue weighted by molar-refractivity contribution is -0.117. The minimum Gasteiger partial charge on any atom is -0.408 e. The molecule has 0 saturated carbocycles. The third-order valence-electron chi connectivity index (χ3n) is 2.01. The van der Waals surface area contributed by atoms with Gasteiger partial charge in [0, 0.05) is 5.02 Å². The molecule has 0 aliphatic carbocycles. The lowest BCUT2D eigenvalue weighted by Crippen LogP contribution is -2.18. The predicted molar refractivity (Wildman–Crippen MR) is 56.2 cm³/mol. The standard InChI is InChI=1S/C10H8ClNO3/c1-6(13)5-12-8-4-7(11)2-3-9(8)15-10(12)14/h2-4H,5H2,1H3. The van der Waals surface area contributed by atoms with E-state index in [1.807, 2.05) is 0 Å². The van der Waals surface area contributed by atoms with E-state index < -0.39 is 5.76 Å². The molecule has 0 saturated heterocycles. The number of rotatable bonds is 2. The van der Waals surface area contributed by atoms with Crippen molar-refractivity contribution in [2.45, 2.75) is 13.5 Å². The smallest absolute Gasteiger partial charge is 0.408 e. The summed E-state index contributed by atoms with van der Waals surface area (Å²) in [6.07, 6.45) is 0. The van der Waals surface area contributed by atoms with E-state index >= 15 is 0 Å². The fourth-order valence-electron chi connectivity index (χ4n) is 1.41. The van der Waals surface area contributed by atoms with Crippen molar-refractivity contribution < 1.29 is 9.21 Å². The van der Waals surface area contributed by atoms with Crippen molar-refractivity contribution in [1.29, 1.82) is 0 Å². The van der Waals surface area contributed by atoms with Gasteiger partial charge in [-0.25, -0.2) is 4.79 Å². The highest BCUT2D eigenvalue weighted by Gasteiger charge is 2.10. The molecule has 0 aliphatic heterocycles. The molecule has 0 atom stereocenters. The van der Waals surface area contributed by atoms with Crippen molar-refractivity contribution in [2.75, 3.05) is 0 Å². The molecule has 0 amide bonds. The molecular formula is C10H8ClNO3. The monoisotopic (exact) mass is 225 g/mol. The molecule has 5 heteroatoms. The summed E-state index contributed by atoms with van der Waals surface area (Å²) in [5.74, 6) is -0.651. The SMILES string of the molecule is CC(=O)Cn1c(=O)oc2ccc(Cl)cc21. The van der Waals surface area contributed by atoms with Crippen molar-refractivity contribution >= 4 is 28.5 Å². The number of aromatic nitrogens is 1. The molecule has 0 spiro atoms. The van der Waals surface area contributed by atoms with Gasteiger partial charge >= 0.3 is 5.76 Å². The van der Waals surface area contributed by atoms with Gasteiger partial charge < -0.3 is 4.42 Å². The van der Waals surface area contributed by atoms with Crippen molar-refractivity contribution in [3.63, 3.8) is 0 Å². The Balaban J connectivity index is 2.70. The number of fused-ring (bicyclic) bond motifs is 1. The van der Waals surface area contributed by atoms with Gasteiger partial charge in [0.1, 0.15) is 5.78 Å². The molecule has 78 valence electrons. The van der Waals surface area contributed by atoms with Crippen LogP contribution in [0.5, 0.6) is 0 Å². The van der Waals surface area contributed by atoms with E-state index in [2.05, 4.69) is 0 Å². The van der Waals surface area contributed by atoms with E-state index in [4.69, 9.17) is 16.0 Å². The first-order valence-corrected chi connectivity index (χ1v) is 4.74. The van der Waals surface area contributed by atoms with Crippen molar-refractivity contribution in [1.82, 2.24) is 4.57 Å². The first-order chi connectivity index (χ1) is 7.08. The average Bonchev–Trinajstić information content (AvgIpc) is 2.43. The number of oxazole rings is 1. The molecule has 1 aromatic heterocycles. The summed E-state index contributed by atoms with van der Waals surface area (Å²) in [6, 6.07) is 4.84. The van der Waals surface area contributed by atoms with E-state index in [-0.39, 0.29) is 12.3 Å². The van der Waals surface area contributed by atoms with Crippen LogP contribution in [0.25, 0.3) is 11.1 Å². The molecule has 0 bridgehead atoms. The lowest BCUT2D eigenvalue weighted by atomic mass is 10.3. The quantitative estimate of drug-likeness (QED) is 0.784. The number of carbonyl (C=O) groups excluding carboxylic acids is 1. The highest BCUT2D eigenvalue weighted by molar-refractivity contribution is 6.31. The molecule has 0 aliphatic rings. The maximum absolute atomic E-state index is 11.4. The van der Waals surface area contributed by atoms with Crippen LogP contribution in [0, 0.1) is 0 Å². The van der Waals surface area contributed by atoms with Crippen LogP contribution in [0.15, 0.2) is 27.4 Å². The first kappa shape index (κ1) is 9.98. The van der Waals surface area contributed by atoms with Crippen LogP contribution in [0.4, 0.5) is 0 Å². The van der Waals surface area contributed by atoms with Gasteiger partial charge in [0.2, 0.25) is 0 Å². The van der Waals surface area contributed by atoms with Crippen molar-refractivity contribution in [3.8, 4) is 0 Å². The van der Waals surface area contributed by atoms with Crippen LogP contribution in [0.1, 0.15) is 6.92 Å². The second-order valence-electron chi connectivity index (χ2n) is 3.27. The van der Waals surface area contributed by atoms with E-state index in [0.29, 0.717) is 16.1 Å². The number of benzene rings is 1. The number of nitrogens with zero attached hydrogens (tertiary/aromatic N) is 1. The summed E-state index contributed by atoms with van der Waals surface area (Å²) < 4.78 is 6.22. The van der Waals surface area contributed by atoms with E-state index in [0.717, 1.165) is 0 Å². The summed E-state index contributed by atoms with van der Waals surface area (Å²) in [5.41, 5.74) is 0.980. The van der Waals surface area contributed by atoms with Crippen molar-refractivity contribution in [3.05, 3.63) is 33.8 Å². The molecule has 0 N–H and O–H groups in total. The van der Waals surface area contributed by atoms with Gasteiger partial charge in [-0.2, -0.15) is 0 Å². The minimum absolute atomic E-state index is 0.00613. The molecule has 15 heavy (non-hydrogen) atoms. The number of Topliss-reactive ketones (excluding diaryl/α,β-unsaturated/α-hetero) is 1. The average molecular weight is 226 g/mol. The Morgan fingerprint density at radius 3 is 2.93 bits per heavy atom. The van der Waals surface area contributed by atoms with E-state index in [1.165, 1.54) is 11.5 Å². The summed E-state index contributed by atoms with van der Waals surface area (Å²) in [4.78, 5) is 22.3. The molecule has 1 aromatic carbocycles. The van der Waals surface area contributed by atoms with Crippen molar-refractivity contribution in [2.24, 2.45) is 0 Å². The molecule has 1 heterocycles. The second-order valence-corrected chi connectivity index (χ2v) is 3.70. The van der Waals surface area contributed by atoms with Crippen LogP contribution in [-0.4, -0.2) is 10.4 Å². The summed E-state index contributed by atoms with van der Waals surface area (Å²) in [5, 5.41) is 0.501. The molecule has 2 rings (SSSR count). The summed E-state index contributed by atoms with van der Waals surface area (Å²) >= 11 is 5.79. The largest absolute Gasteiger partial charge is 0.420 e. The maximum Gasteiger partial charge on any atom is 0.420 e. The first-order valence-electron chi connectivity index (χ1n) is 4.36. The Bertz CT molecular complexity index is 582. The number of hydrogen-bond acceptors (Lipinski definition) is 3. The van der Waals surface area contributed by atoms with E-state index in [9.17, 15) is 9.59 Å². The minimum atomic E-state index is -0.539. The van der Waals surface area contributed by atoms with Crippen LogP contribution in [0.2, 0.25) is 5.02 Å². The van der Waals surface area contributed by atoms with Crippen LogP contribution in [-0.2, 0) is 11.3 Å². The topological polar surface area (TPSA) is 52.2 Å². The van der Waals surface area contributed by atoms with Gasteiger partial charge in [0.05, 0.1) is 12.1 Å². The Hall–Kier alpha value is -1.55. The molecule has 0 radical (unpaired) electrons. The van der Waals surface area contributed by atoms with Gasteiger partial charge in [-0.15, -0.1) is 0 Å². The molecule has 2 aromatic rings. The lowest BCUT2D eigenvalue weighted by Gasteiger charge is -1.97. The van der Waals surface area contributed by atoms with Crippen LogP contribution in [0.3, 0.4) is 0 Å². The number of hydrogen-bond donors (Lipinski definition) is 0. The zero-order valence-electron chi connectivity index (χ0n) is 7.99. The number of carbonyl (C=O) groups is 1. The second kappa shape index (κ2) is 3.55. The fraction of sp³-hybridized carbons (Fsp3) is 0.200. The van der Waals surface area contributed by atoms with Crippen LogP contribution < -0.4 is 5.76 Å². The van der Waals surface area contributed by atoms with Gasteiger partial charge in [0.15, 0.2) is 5.58 Å². The summed E-state index contributed by atoms with van der Waals surface area (Å²) in [6.45, 7) is 1.42. The van der Waals surface area contributed by atoms with Gasteiger partial charge in [0.25, 0.3) is 0 Å². The van der Waals surface area contributed by atoms with Gasteiger partial charge in [-0.05, 0) is 25.1 Å². The van der Waals surface area contributed by atoms with Gasteiger partial charge in [-0.1, -0.05) is 11.6 Å². The molecule has 0 fully saturated rings. The number of halogens is 1. The Kier molecular flexibility index (Phi) is 2.36. The predicted octanol–water partition coefficient (Wildman–Crippen LogP) is 1.84. The van der Waals surface area contributed by atoms with Crippen LogP contribution >= 0.6 is 11.6 Å². The maximum atomic E-state index is 11.4. The third kappa shape index (κ3) is 1.80. The Labute approximate surface area is 90.1 Å². The highest BCUT2D eigenvalue weighted by atomic mass is 35.5. The Morgan fingerprint density at radius 1 is 1.53 bits per heavy atom. The molecule has 4 nitrogen and oxygen atoms in total. The zero-order chi connectivity index (χ0) is 11.0. The zero-order valence-corrected chi connectivity index (χ0v) is 8.75. The van der Waals surface area contributed by atoms with Gasteiger partial charge in [-0.3, -0.25) is 9.36 Å². The Morgan fingerprint density at radius 2 is 2.27 bits per heavy atom. The fourth-order valence-corrected chi connectivity index (χ4v) is 1.57. The number of ketones is 1. The highest BCUT2D eigenvalue weighted by Crippen LogP contribution is 2.18. The summed E-state index contributed by atoms with van der Waals surface area (Å²) in [7, 11) is 0. The third-order valence-corrected chi connectivity index (χ3v) is 2.25. The molecular weight excluding hydrogens is 218 g/mol.